The maximum absolute atomic E-state index is 13.0. The van der Waals surface area contributed by atoms with Gasteiger partial charge in [0, 0.05) is 23.0 Å². The zero-order chi connectivity index (χ0) is 20.4. The van der Waals surface area contributed by atoms with Gasteiger partial charge in [-0.1, -0.05) is 23.7 Å². The summed E-state index contributed by atoms with van der Waals surface area (Å²) >= 11 is 7.44. The predicted molar refractivity (Wildman–Crippen MR) is 113 cm³/mol. The Bertz CT molecular complexity index is 1280. The maximum Gasteiger partial charge on any atom is 0.263 e. The summed E-state index contributed by atoms with van der Waals surface area (Å²) in [6.45, 7) is 1.81. The molecule has 0 fully saturated rings. The lowest BCUT2D eigenvalue weighted by molar-refractivity contribution is 0.295. The normalized spacial score (nSPS) is 11.5. The van der Waals surface area contributed by atoms with Crippen LogP contribution in [0.15, 0.2) is 59.1 Å². The second-order valence-electron chi connectivity index (χ2n) is 6.11. The van der Waals surface area contributed by atoms with Gasteiger partial charge in [-0.05, 0) is 42.1 Å². The van der Waals surface area contributed by atoms with E-state index in [1.165, 1.54) is 17.4 Å². The fraction of sp³-hybridized carbons (Fsp3) is 0.105. The molecule has 10 heteroatoms. The van der Waals surface area contributed by atoms with Gasteiger partial charge in [0.25, 0.3) is 15.9 Å². The van der Waals surface area contributed by atoms with Crippen molar-refractivity contribution < 1.29 is 13.2 Å². The van der Waals surface area contributed by atoms with E-state index in [0.717, 1.165) is 5.56 Å². The quantitative estimate of drug-likeness (QED) is 0.471. The number of ether oxygens (including phenoxy) is 1. The van der Waals surface area contributed by atoms with Crippen molar-refractivity contribution in [3.8, 4) is 5.88 Å². The number of hydrogen-bond acceptors (Lipinski definition) is 7. The van der Waals surface area contributed by atoms with Gasteiger partial charge in [0.2, 0.25) is 5.82 Å². The number of thiophene rings is 1. The highest BCUT2D eigenvalue weighted by molar-refractivity contribution is 7.92. The van der Waals surface area contributed by atoms with E-state index in [1.54, 1.807) is 43.6 Å². The number of benzene rings is 1. The summed E-state index contributed by atoms with van der Waals surface area (Å²) in [5, 5.41) is 2.19. The Kier molecular flexibility index (Phi) is 5.35. The van der Waals surface area contributed by atoms with Crippen molar-refractivity contribution in [3.05, 3.63) is 70.3 Å². The van der Waals surface area contributed by atoms with Crippen LogP contribution in [0.25, 0.3) is 10.3 Å². The van der Waals surface area contributed by atoms with Crippen LogP contribution in [-0.2, 0) is 16.6 Å². The molecule has 0 aliphatic heterocycles. The summed E-state index contributed by atoms with van der Waals surface area (Å²) in [5.41, 5.74) is 1.89. The third-order valence-corrected chi connectivity index (χ3v) is 6.79. The van der Waals surface area contributed by atoms with E-state index in [1.807, 2.05) is 11.4 Å². The largest absolute Gasteiger partial charge is 0.470 e. The highest BCUT2D eigenvalue weighted by Crippen LogP contribution is 2.30. The van der Waals surface area contributed by atoms with Gasteiger partial charge in [-0.3, -0.25) is 9.71 Å². The SMILES string of the molecule is Cc1c(Cl)cccc1S(=O)(=O)Nc1nc2sccc2nc1OCc1cccnc1. The standard InChI is InChI=1S/C19H15ClN4O3S2/c1-12-14(20)5-2-6-16(12)29(25,26)24-17-18(22-15-7-9-28-19(15)23-17)27-11-13-4-3-8-21-10-13/h2-10H,11H2,1H3,(H,23,24). The first-order valence-corrected chi connectivity index (χ1v) is 11.2. The fourth-order valence-electron chi connectivity index (χ4n) is 2.64. The van der Waals surface area contributed by atoms with E-state index in [9.17, 15) is 8.42 Å². The third-order valence-electron chi connectivity index (χ3n) is 4.10. The molecular formula is C19H15ClN4O3S2. The number of aromatic nitrogens is 3. The van der Waals surface area contributed by atoms with Crippen LogP contribution in [0.3, 0.4) is 0 Å². The molecule has 1 aromatic carbocycles. The second-order valence-corrected chi connectivity index (χ2v) is 9.06. The summed E-state index contributed by atoms with van der Waals surface area (Å²) in [5.74, 6) is 0.103. The number of nitrogens with zero attached hydrogens (tertiary/aromatic N) is 3. The average molecular weight is 447 g/mol. The van der Waals surface area contributed by atoms with Crippen LogP contribution in [0.4, 0.5) is 5.82 Å². The molecule has 0 saturated carbocycles. The van der Waals surface area contributed by atoms with Crippen LogP contribution >= 0.6 is 22.9 Å². The maximum atomic E-state index is 13.0. The number of anilines is 1. The molecule has 0 atom stereocenters. The van der Waals surface area contributed by atoms with Crippen LogP contribution in [0, 0.1) is 6.92 Å². The number of hydrogen-bond donors (Lipinski definition) is 1. The smallest absolute Gasteiger partial charge is 0.263 e. The third kappa shape index (κ3) is 4.16. The van der Waals surface area contributed by atoms with E-state index in [4.69, 9.17) is 16.3 Å². The molecule has 4 rings (SSSR count). The fourth-order valence-corrected chi connectivity index (χ4v) is 4.84. The molecule has 0 aliphatic rings. The Morgan fingerprint density at radius 1 is 1.17 bits per heavy atom. The Hall–Kier alpha value is -2.75. The lowest BCUT2D eigenvalue weighted by Crippen LogP contribution is -2.16. The molecule has 0 bridgehead atoms. The first-order chi connectivity index (χ1) is 13.9. The van der Waals surface area contributed by atoms with E-state index in [2.05, 4.69) is 19.7 Å². The van der Waals surface area contributed by atoms with Crippen molar-refractivity contribution in [1.29, 1.82) is 0 Å². The van der Waals surface area contributed by atoms with E-state index in [-0.39, 0.29) is 23.2 Å². The lowest BCUT2D eigenvalue weighted by atomic mass is 10.2. The Balaban J connectivity index is 1.71. The number of halogens is 1. The van der Waals surface area contributed by atoms with Crippen LogP contribution in [0.1, 0.15) is 11.1 Å². The minimum atomic E-state index is -3.95. The van der Waals surface area contributed by atoms with Crippen molar-refractivity contribution in [2.45, 2.75) is 18.4 Å². The van der Waals surface area contributed by atoms with Gasteiger partial charge in [-0.25, -0.2) is 18.4 Å². The molecule has 3 aromatic heterocycles. The van der Waals surface area contributed by atoms with Gasteiger partial charge in [0.1, 0.15) is 17.0 Å². The Morgan fingerprint density at radius 2 is 2.03 bits per heavy atom. The molecule has 0 aliphatic carbocycles. The van der Waals surface area contributed by atoms with Crippen molar-refractivity contribution in [3.63, 3.8) is 0 Å². The molecule has 148 valence electrons. The van der Waals surface area contributed by atoms with E-state index >= 15 is 0 Å². The minimum absolute atomic E-state index is 0.0169. The lowest BCUT2D eigenvalue weighted by Gasteiger charge is -2.13. The zero-order valence-corrected chi connectivity index (χ0v) is 17.6. The van der Waals surface area contributed by atoms with Gasteiger partial charge in [0.15, 0.2) is 0 Å². The van der Waals surface area contributed by atoms with E-state index in [0.29, 0.717) is 20.9 Å². The number of nitrogens with one attached hydrogen (secondary N) is 1. The number of sulfonamides is 1. The topological polar surface area (TPSA) is 94.1 Å². The van der Waals surface area contributed by atoms with E-state index < -0.39 is 10.0 Å². The minimum Gasteiger partial charge on any atom is -0.470 e. The zero-order valence-electron chi connectivity index (χ0n) is 15.2. The van der Waals surface area contributed by atoms with Gasteiger partial charge in [-0.15, -0.1) is 11.3 Å². The van der Waals surface area contributed by atoms with Gasteiger partial charge < -0.3 is 4.74 Å². The second kappa shape index (κ2) is 7.94. The molecular weight excluding hydrogens is 432 g/mol. The highest BCUT2D eigenvalue weighted by Gasteiger charge is 2.22. The van der Waals surface area contributed by atoms with Crippen molar-refractivity contribution in [1.82, 2.24) is 15.0 Å². The molecule has 0 radical (unpaired) electrons. The molecule has 0 saturated heterocycles. The predicted octanol–water partition coefficient (Wildman–Crippen LogP) is 4.43. The van der Waals surface area contributed by atoms with Gasteiger partial charge >= 0.3 is 0 Å². The van der Waals surface area contributed by atoms with Gasteiger partial charge in [-0.2, -0.15) is 0 Å². The summed E-state index contributed by atoms with van der Waals surface area (Å²) in [4.78, 5) is 13.5. The first-order valence-electron chi connectivity index (χ1n) is 8.49. The van der Waals surface area contributed by atoms with Crippen LogP contribution in [0.5, 0.6) is 5.88 Å². The number of fused-ring (bicyclic) bond motifs is 1. The molecule has 4 aromatic rings. The Labute approximate surface area is 176 Å². The summed E-state index contributed by atoms with van der Waals surface area (Å²) in [7, 11) is -3.95. The molecule has 29 heavy (non-hydrogen) atoms. The number of rotatable bonds is 6. The molecule has 0 unspecified atom stereocenters. The number of pyridine rings is 1. The van der Waals surface area contributed by atoms with Crippen LogP contribution < -0.4 is 9.46 Å². The van der Waals surface area contributed by atoms with Crippen molar-refractivity contribution in [2.75, 3.05) is 4.72 Å². The molecule has 3 heterocycles. The summed E-state index contributed by atoms with van der Waals surface area (Å²) in [6.07, 6.45) is 3.32. The van der Waals surface area contributed by atoms with Crippen molar-refractivity contribution in [2.24, 2.45) is 0 Å². The molecule has 0 spiro atoms. The first kappa shape index (κ1) is 19.6. The van der Waals surface area contributed by atoms with Crippen LogP contribution in [0.2, 0.25) is 5.02 Å². The van der Waals surface area contributed by atoms with Gasteiger partial charge in [0.05, 0.1) is 4.90 Å². The van der Waals surface area contributed by atoms with Crippen molar-refractivity contribution >= 4 is 49.1 Å². The monoisotopic (exact) mass is 446 g/mol. The van der Waals surface area contributed by atoms with Crippen LogP contribution in [-0.4, -0.2) is 23.4 Å². The molecule has 1 N–H and O–H groups in total. The summed E-state index contributed by atoms with van der Waals surface area (Å²) < 4.78 is 34.2. The molecule has 0 amide bonds. The highest BCUT2D eigenvalue weighted by atomic mass is 35.5. The summed E-state index contributed by atoms with van der Waals surface area (Å²) in [6, 6.07) is 10.1. The molecule has 7 nitrogen and oxygen atoms in total. The Morgan fingerprint density at radius 3 is 2.83 bits per heavy atom. The average Bonchev–Trinajstić information content (AvgIpc) is 3.16.